The molecule has 1 heteroatoms. The second kappa shape index (κ2) is 1.72. The molecule has 0 aromatic rings. The molecule has 0 heterocycles. The lowest BCUT2D eigenvalue weighted by Crippen LogP contribution is -2.29. The highest BCUT2D eigenvalue weighted by molar-refractivity contribution is 5.00. The average molecular weight is 125 g/mol. The third-order valence-corrected chi connectivity index (χ3v) is 3.20. The monoisotopic (exact) mass is 125 g/mol. The fraction of sp³-hybridized carbons (Fsp3) is 1.00. The first-order valence-corrected chi connectivity index (χ1v) is 4.05. The van der Waals surface area contributed by atoms with Gasteiger partial charge in [-0.1, -0.05) is 0 Å². The van der Waals surface area contributed by atoms with Crippen LogP contribution in [-0.2, 0) is 0 Å². The van der Waals surface area contributed by atoms with Crippen molar-refractivity contribution in [1.29, 1.82) is 0 Å². The van der Waals surface area contributed by atoms with Gasteiger partial charge < -0.3 is 5.73 Å². The highest BCUT2D eigenvalue weighted by Crippen LogP contribution is 2.60. The third kappa shape index (κ3) is 0.710. The van der Waals surface area contributed by atoms with Crippen LogP contribution in [0.25, 0.3) is 0 Å². The molecule has 9 heavy (non-hydrogen) atoms. The molecule has 0 amide bonds. The summed E-state index contributed by atoms with van der Waals surface area (Å²) in [5.74, 6) is 1.11. The van der Waals surface area contributed by atoms with Crippen LogP contribution in [0.3, 0.4) is 0 Å². The minimum atomic E-state index is 0.763. The van der Waals surface area contributed by atoms with E-state index in [9.17, 15) is 0 Å². The van der Waals surface area contributed by atoms with E-state index in [1.54, 1.807) is 0 Å². The first kappa shape index (κ1) is 5.72. The summed E-state index contributed by atoms with van der Waals surface area (Å²) in [5.41, 5.74) is 6.28. The van der Waals surface area contributed by atoms with E-state index in [-0.39, 0.29) is 0 Å². The van der Waals surface area contributed by atoms with Gasteiger partial charge in [0.15, 0.2) is 0 Å². The van der Waals surface area contributed by atoms with Gasteiger partial charge in [-0.15, -0.1) is 0 Å². The van der Waals surface area contributed by atoms with Gasteiger partial charge in [-0.3, -0.25) is 0 Å². The van der Waals surface area contributed by atoms with Crippen LogP contribution in [0, 0.1) is 11.3 Å². The molecule has 1 nitrogen and oxygen atoms in total. The maximum Gasteiger partial charge on any atom is -0.00720 e. The van der Waals surface area contributed by atoms with Crippen LogP contribution in [0.1, 0.15) is 32.1 Å². The van der Waals surface area contributed by atoms with Gasteiger partial charge in [-0.2, -0.15) is 0 Å². The van der Waals surface area contributed by atoms with E-state index in [4.69, 9.17) is 5.73 Å². The topological polar surface area (TPSA) is 26.0 Å². The number of hydrogen-bond donors (Lipinski definition) is 1. The average Bonchev–Trinajstić information content (AvgIpc) is 2.22. The summed E-state index contributed by atoms with van der Waals surface area (Å²) in [6.07, 6.45) is 7.28. The summed E-state index contributed by atoms with van der Waals surface area (Å²) in [6, 6.07) is 0. The molecule has 0 radical (unpaired) electrons. The number of nitrogens with two attached hydrogens (primary N) is 1. The molecular weight excluding hydrogens is 110 g/mol. The summed E-state index contributed by atoms with van der Waals surface area (Å²) in [6.45, 7) is 0.909. The summed E-state index contributed by atoms with van der Waals surface area (Å²) in [5, 5.41) is 0. The predicted octanol–water partition coefficient (Wildman–Crippen LogP) is 1.53. The summed E-state index contributed by atoms with van der Waals surface area (Å²) >= 11 is 0. The molecule has 0 saturated heterocycles. The summed E-state index contributed by atoms with van der Waals surface area (Å²) < 4.78 is 0. The SMILES string of the molecule is NCCC12CCC(C1)C2. The van der Waals surface area contributed by atoms with Crippen molar-refractivity contribution >= 4 is 0 Å². The maximum atomic E-state index is 5.52. The van der Waals surface area contributed by atoms with Crippen molar-refractivity contribution in [2.45, 2.75) is 32.1 Å². The lowest BCUT2D eigenvalue weighted by Gasteiger charge is -2.38. The summed E-state index contributed by atoms with van der Waals surface area (Å²) in [7, 11) is 0. The van der Waals surface area contributed by atoms with E-state index in [0.717, 1.165) is 17.9 Å². The Morgan fingerprint density at radius 2 is 2.22 bits per heavy atom. The zero-order valence-electron chi connectivity index (χ0n) is 5.90. The Balaban J connectivity index is 1.95. The molecule has 2 bridgehead atoms. The van der Waals surface area contributed by atoms with Crippen molar-refractivity contribution in [3.63, 3.8) is 0 Å². The molecule has 52 valence electrons. The van der Waals surface area contributed by atoms with Crippen molar-refractivity contribution in [2.75, 3.05) is 6.54 Å². The van der Waals surface area contributed by atoms with Crippen molar-refractivity contribution in [1.82, 2.24) is 0 Å². The van der Waals surface area contributed by atoms with E-state index >= 15 is 0 Å². The standard InChI is InChI=1S/C8H15N/c9-4-3-8-2-1-7(5-8)6-8/h7H,1-6,9H2. The minimum Gasteiger partial charge on any atom is -0.330 e. The molecule has 2 N–H and O–H groups in total. The Hall–Kier alpha value is -0.0400. The molecule has 0 aromatic carbocycles. The van der Waals surface area contributed by atoms with Crippen LogP contribution in [0.4, 0.5) is 0 Å². The van der Waals surface area contributed by atoms with Crippen molar-refractivity contribution in [3.8, 4) is 0 Å². The van der Waals surface area contributed by atoms with E-state index < -0.39 is 0 Å². The molecule has 0 unspecified atom stereocenters. The molecule has 3 aliphatic rings. The summed E-state index contributed by atoms with van der Waals surface area (Å²) in [4.78, 5) is 0. The quantitative estimate of drug-likeness (QED) is 0.595. The molecule has 3 aliphatic carbocycles. The van der Waals surface area contributed by atoms with E-state index in [2.05, 4.69) is 0 Å². The second-order valence-electron chi connectivity index (χ2n) is 3.85. The minimum absolute atomic E-state index is 0.763. The normalized spacial score (nSPS) is 47.0. The van der Waals surface area contributed by atoms with Gasteiger partial charge in [0, 0.05) is 0 Å². The van der Waals surface area contributed by atoms with E-state index in [1.807, 2.05) is 0 Å². The van der Waals surface area contributed by atoms with E-state index in [1.165, 1.54) is 32.1 Å². The Morgan fingerprint density at radius 3 is 2.67 bits per heavy atom. The van der Waals surface area contributed by atoms with Crippen LogP contribution in [0.5, 0.6) is 0 Å². The van der Waals surface area contributed by atoms with Crippen LogP contribution >= 0.6 is 0 Å². The van der Waals surface area contributed by atoms with Gasteiger partial charge >= 0.3 is 0 Å². The Bertz CT molecular complexity index is 108. The lowest BCUT2D eigenvalue weighted by atomic mass is 9.68. The third-order valence-electron chi connectivity index (χ3n) is 3.20. The predicted molar refractivity (Wildman–Crippen MR) is 38.1 cm³/mol. The van der Waals surface area contributed by atoms with Crippen LogP contribution < -0.4 is 5.73 Å². The lowest BCUT2D eigenvalue weighted by molar-refractivity contribution is 0.135. The zero-order chi connectivity index (χ0) is 6.32. The van der Waals surface area contributed by atoms with Crippen molar-refractivity contribution in [2.24, 2.45) is 17.1 Å². The van der Waals surface area contributed by atoms with Crippen LogP contribution in [0.2, 0.25) is 0 Å². The van der Waals surface area contributed by atoms with Gasteiger partial charge in [0.1, 0.15) is 0 Å². The van der Waals surface area contributed by atoms with Gasteiger partial charge in [0.05, 0.1) is 0 Å². The number of rotatable bonds is 2. The zero-order valence-corrected chi connectivity index (χ0v) is 5.90. The van der Waals surface area contributed by atoms with Gasteiger partial charge in [-0.05, 0) is 50.0 Å². The van der Waals surface area contributed by atoms with Crippen LogP contribution in [-0.4, -0.2) is 6.54 Å². The Kier molecular flexibility index (Phi) is 1.10. The van der Waals surface area contributed by atoms with Crippen LogP contribution in [0.15, 0.2) is 0 Å². The van der Waals surface area contributed by atoms with Gasteiger partial charge in [0.25, 0.3) is 0 Å². The largest absolute Gasteiger partial charge is 0.330 e. The molecule has 3 rings (SSSR count). The first-order chi connectivity index (χ1) is 4.35. The highest BCUT2D eigenvalue weighted by Gasteiger charge is 2.48. The highest BCUT2D eigenvalue weighted by atomic mass is 14.6. The van der Waals surface area contributed by atoms with Crippen molar-refractivity contribution < 1.29 is 0 Å². The Labute approximate surface area is 56.6 Å². The molecule has 0 atom stereocenters. The van der Waals surface area contributed by atoms with E-state index in [0.29, 0.717) is 0 Å². The van der Waals surface area contributed by atoms with Gasteiger partial charge in [0.2, 0.25) is 0 Å². The first-order valence-electron chi connectivity index (χ1n) is 4.05. The molecular formula is C8H15N. The molecule has 0 spiro atoms. The molecule has 3 saturated carbocycles. The number of hydrogen-bond acceptors (Lipinski definition) is 1. The maximum absolute atomic E-state index is 5.52. The number of fused-ring (bicyclic) bond motifs is 1. The van der Waals surface area contributed by atoms with Gasteiger partial charge in [-0.25, -0.2) is 0 Å². The van der Waals surface area contributed by atoms with Crippen molar-refractivity contribution in [3.05, 3.63) is 0 Å². The Morgan fingerprint density at radius 1 is 1.44 bits per heavy atom. The molecule has 3 fully saturated rings. The smallest absolute Gasteiger partial charge is 0.00720 e. The molecule has 0 aliphatic heterocycles. The fourth-order valence-corrected chi connectivity index (χ4v) is 2.72. The second-order valence-corrected chi connectivity index (χ2v) is 3.85. The fourth-order valence-electron chi connectivity index (χ4n) is 2.72. The molecule has 0 aromatic heterocycles.